The third-order valence-electron chi connectivity index (χ3n) is 2.83. The van der Waals surface area contributed by atoms with E-state index < -0.39 is 10.0 Å². The second-order valence-electron chi connectivity index (χ2n) is 4.24. The number of hydrogen-bond donors (Lipinski definition) is 2. The lowest BCUT2D eigenvalue weighted by atomic mass is 9.78. The average molecular weight is 298 g/mol. The van der Waals surface area contributed by atoms with Crippen LogP contribution in [0.3, 0.4) is 0 Å². The first-order valence-electron chi connectivity index (χ1n) is 5.12. The Morgan fingerprint density at radius 2 is 2.24 bits per heavy atom. The van der Waals surface area contributed by atoms with Crippen molar-refractivity contribution in [2.45, 2.75) is 35.9 Å². The predicted octanol–water partition coefficient (Wildman–Crippen LogP) is 1.03. The van der Waals surface area contributed by atoms with Crippen LogP contribution in [-0.4, -0.2) is 25.5 Å². The lowest BCUT2D eigenvalue weighted by molar-refractivity contribution is 0.251. The van der Waals surface area contributed by atoms with Gasteiger partial charge >= 0.3 is 0 Å². The third kappa shape index (κ3) is 3.38. The molecule has 0 atom stereocenters. The van der Waals surface area contributed by atoms with E-state index in [0.29, 0.717) is 6.54 Å². The molecule has 1 fully saturated rings. The Labute approximate surface area is 111 Å². The maximum atomic E-state index is 11.8. The fourth-order valence-corrected chi connectivity index (χ4v) is 3.87. The zero-order valence-corrected chi connectivity index (χ0v) is 11.9. The van der Waals surface area contributed by atoms with Crippen molar-refractivity contribution in [1.29, 1.82) is 0 Å². The number of aryl methyl sites for hydroxylation is 1. The second-order valence-corrected chi connectivity index (χ2v) is 7.47. The fraction of sp³-hybridized carbons (Fsp3) is 0.667. The van der Waals surface area contributed by atoms with Crippen molar-refractivity contribution in [3.05, 3.63) is 11.2 Å². The van der Waals surface area contributed by atoms with Crippen LogP contribution in [0.1, 0.15) is 24.3 Å². The van der Waals surface area contributed by atoms with Crippen molar-refractivity contribution in [3.63, 3.8) is 0 Å². The maximum absolute atomic E-state index is 11.8. The van der Waals surface area contributed by atoms with Crippen molar-refractivity contribution in [2.24, 2.45) is 5.73 Å². The van der Waals surface area contributed by atoms with Crippen molar-refractivity contribution >= 4 is 33.8 Å². The highest BCUT2D eigenvalue weighted by Crippen LogP contribution is 2.28. The SMILES string of the molecule is Cc1ncc(S(=O)(=O)NCC2(N)CCC2)s1.Cl. The van der Waals surface area contributed by atoms with Crippen LogP contribution in [0.2, 0.25) is 0 Å². The third-order valence-corrected chi connectivity index (χ3v) is 5.60. The Balaban J connectivity index is 0.00000144. The molecule has 0 aliphatic heterocycles. The van der Waals surface area contributed by atoms with Gasteiger partial charge in [0.25, 0.3) is 10.0 Å². The van der Waals surface area contributed by atoms with E-state index in [1.165, 1.54) is 17.5 Å². The van der Waals surface area contributed by atoms with E-state index in [1.807, 2.05) is 0 Å². The van der Waals surface area contributed by atoms with Crippen LogP contribution >= 0.6 is 23.7 Å². The van der Waals surface area contributed by atoms with Gasteiger partial charge in [-0.2, -0.15) is 0 Å². The van der Waals surface area contributed by atoms with Crippen molar-refractivity contribution < 1.29 is 8.42 Å². The number of nitrogens with zero attached hydrogens (tertiary/aromatic N) is 1. The molecular formula is C9H16ClN3O2S2. The highest BCUT2D eigenvalue weighted by atomic mass is 35.5. The molecule has 0 unspecified atom stereocenters. The van der Waals surface area contributed by atoms with Gasteiger partial charge in [0.15, 0.2) is 4.21 Å². The van der Waals surface area contributed by atoms with Gasteiger partial charge < -0.3 is 5.73 Å². The van der Waals surface area contributed by atoms with E-state index in [1.54, 1.807) is 6.92 Å². The Bertz CT molecular complexity index is 482. The van der Waals surface area contributed by atoms with Crippen molar-refractivity contribution in [2.75, 3.05) is 6.54 Å². The van der Waals surface area contributed by atoms with Gasteiger partial charge in [0.05, 0.1) is 11.2 Å². The van der Waals surface area contributed by atoms with Crippen LogP contribution in [0.5, 0.6) is 0 Å². The summed E-state index contributed by atoms with van der Waals surface area (Å²) in [6.07, 6.45) is 4.23. The Morgan fingerprint density at radius 3 is 2.65 bits per heavy atom. The van der Waals surface area contributed by atoms with Crippen molar-refractivity contribution in [3.8, 4) is 0 Å². The molecule has 1 aromatic heterocycles. The zero-order valence-electron chi connectivity index (χ0n) is 9.47. The molecule has 0 aromatic carbocycles. The molecule has 1 aliphatic carbocycles. The number of nitrogens with two attached hydrogens (primary N) is 1. The lowest BCUT2D eigenvalue weighted by Crippen LogP contribution is -2.54. The minimum atomic E-state index is -3.42. The van der Waals surface area contributed by atoms with Crippen LogP contribution in [0.25, 0.3) is 0 Å². The molecule has 0 radical (unpaired) electrons. The molecule has 0 amide bonds. The molecule has 2 rings (SSSR count). The number of halogens is 1. The number of thiazole rings is 1. The van der Waals surface area contributed by atoms with Crippen LogP contribution in [-0.2, 0) is 10.0 Å². The van der Waals surface area contributed by atoms with Crippen LogP contribution in [0.15, 0.2) is 10.4 Å². The second kappa shape index (κ2) is 5.19. The summed E-state index contributed by atoms with van der Waals surface area (Å²) in [5.74, 6) is 0. The van der Waals surface area contributed by atoms with E-state index in [0.717, 1.165) is 24.3 Å². The molecule has 0 bridgehead atoms. The number of aromatic nitrogens is 1. The standard InChI is InChI=1S/C9H15N3O2S2.ClH/c1-7-11-5-8(15-7)16(13,14)12-6-9(10)3-2-4-9;/h5,12H,2-4,6,10H2,1H3;1H. The average Bonchev–Trinajstić information content (AvgIpc) is 2.60. The molecule has 5 nitrogen and oxygen atoms in total. The van der Waals surface area contributed by atoms with E-state index in [9.17, 15) is 8.42 Å². The molecule has 0 saturated heterocycles. The minimum Gasteiger partial charge on any atom is -0.324 e. The van der Waals surface area contributed by atoms with Crippen LogP contribution in [0.4, 0.5) is 0 Å². The van der Waals surface area contributed by atoms with Gasteiger partial charge in [0.1, 0.15) is 0 Å². The first-order valence-corrected chi connectivity index (χ1v) is 7.42. The molecule has 1 saturated carbocycles. The zero-order chi connectivity index (χ0) is 11.8. The maximum Gasteiger partial charge on any atom is 0.251 e. The van der Waals surface area contributed by atoms with Gasteiger partial charge in [-0.15, -0.1) is 23.7 Å². The van der Waals surface area contributed by atoms with E-state index in [4.69, 9.17) is 5.73 Å². The predicted molar refractivity (Wildman–Crippen MR) is 70.1 cm³/mol. The molecule has 3 N–H and O–H groups in total. The molecule has 8 heteroatoms. The largest absolute Gasteiger partial charge is 0.324 e. The first-order chi connectivity index (χ1) is 7.41. The summed E-state index contributed by atoms with van der Waals surface area (Å²) < 4.78 is 26.5. The van der Waals surface area contributed by atoms with Gasteiger partial charge in [0, 0.05) is 12.1 Å². The number of hydrogen-bond acceptors (Lipinski definition) is 5. The van der Waals surface area contributed by atoms with E-state index in [-0.39, 0.29) is 22.2 Å². The molecule has 17 heavy (non-hydrogen) atoms. The van der Waals surface area contributed by atoms with Gasteiger partial charge in [-0.05, 0) is 26.2 Å². The Hall–Kier alpha value is -0.210. The smallest absolute Gasteiger partial charge is 0.251 e. The minimum absolute atomic E-state index is 0. The van der Waals surface area contributed by atoms with E-state index in [2.05, 4.69) is 9.71 Å². The number of rotatable bonds is 4. The summed E-state index contributed by atoms with van der Waals surface area (Å²) in [6.45, 7) is 2.09. The molecule has 1 heterocycles. The summed E-state index contributed by atoms with van der Waals surface area (Å²) in [7, 11) is -3.42. The van der Waals surface area contributed by atoms with Gasteiger partial charge in [-0.25, -0.2) is 18.1 Å². The summed E-state index contributed by atoms with van der Waals surface area (Å²) in [5.41, 5.74) is 5.61. The highest BCUT2D eigenvalue weighted by molar-refractivity contribution is 7.91. The molecule has 1 aromatic rings. The Morgan fingerprint density at radius 1 is 1.59 bits per heavy atom. The topological polar surface area (TPSA) is 85.1 Å². The molecule has 98 valence electrons. The quantitative estimate of drug-likeness (QED) is 0.869. The van der Waals surface area contributed by atoms with Gasteiger partial charge in [-0.3, -0.25) is 0 Å². The summed E-state index contributed by atoms with van der Waals surface area (Å²) >= 11 is 1.17. The highest BCUT2D eigenvalue weighted by Gasteiger charge is 2.34. The molecular weight excluding hydrogens is 282 g/mol. The lowest BCUT2D eigenvalue weighted by Gasteiger charge is -2.37. The van der Waals surface area contributed by atoms with Crippen LogP contribution < -0.4 is 10.5 Å². The van der Waals surface area contributed by atoms with E-state index >= 15 is 0 Å². The van der Waals surface area contributed by atoms with Gasteiger partial charge in [-0.1, -0.05) is 0 Å². The van der Waals surface area contributed by atoms with Crippen LogP contribution in [0, 0.1) is 6.92 Å². The number of sulfonamides is 1. The summed E-state index contributed by atoms with van der Waals surface area (Å²) in [5, 5.41) is 0.742. The van der Waals surface area contributed by atoms with Gasteiger partial charge in [0.2, 0.25) is 0 Å². The summed E-state index contributed by atoms with van der Waals surface area (Å²) in [6, 6.07) is 0. The normalized spacial score (nSPS) is 18.2. The summed E-state index contributed by atoms with van der Waals surface area (Å²) in [4.78, 5) is 3.93. The number of nitrogens with one attached hydrogen (secondary N) is 1. The first kappa shape index (κ1) is 14.8. The molecule has 1 aliphatic rings. The monoisotopic (exact) mass is 297 g/mol. The molecule has 0 spiro atoms. The van der Waals surface area contributed by atoms with Crippen molar-refractivity contribution in [1.82, 2.24) is 9.71 Å². The fourth-order valence-electron chi connectivity index (χ4n) is 1.58. The Kier molecular flexibility index (Phi) is 4.54.